The van der Waals surface area contributed by atoms with E-state index in [2.05, 4.69) is 10.3 Å². The molecule has 1 aliphatic carbocycles. The summed E-state index contributed by atoms with van der Waals surface area (Å²) >= 11 is 0. The van der Waals surface area contributed by atoms with E-state index in [1.165, 1.54) is 6.26 Å². The topological polar surface area (TPSA) is 105 Å². The third-order valence-electron chi connectivity index (χ3n) is 3.99. The molecule has 9 heteroatoms. The van der Waals surface area contributed by atoms with E-state index < -0.39 is 0 Å². The lowest BCUT2D eigenvalue weighted by atomic mass is 10.3. The smallest absolute Gasteiger partial charge is 0.409 e. The molecule has 1 saturated carbocycles. The molecule has 0 aromatic carbocycles. The second-order valence-corrected chi connectivity index (χ2v) is 5.78. The summed E-state index contributed by atoms with van der Waals surface area (Å²) in [6.45, 7) is 3.69. The van der Waals surface area contributed by atoms with Crippen LogP contribution in [0.1, 0.15) is 30.3 Å². The highest BCUT2D eigenvalue weighted by molar-refractivity contribution is 5.94. The molecular formula is C15H20N4O5. The van der Waals surface area contributed by atoms with E-state index in [0.29, 0.717) is 32.8 Å². The zero-order valence-electron chi connectivity index (χ0n) is 13.5. The van der Waals surface area contributed by atoms with E-state index in [9.17, 15) is 14.4 Å². The highest BCUT2D eigenvalue weighted by Crippen LogP contribution is 2.30. The second kappa shape index (κ2) is 6.90. The van der Waals surface area contributed by atoms with E-state index in [4.69, 9.17) is 9.15 Å². The monoisotopic (exact) mass is 336 g/mol. The van der Waals surface area contributed by atoms with Crippen molar-refractivity contribution in [1.82, 2.24) is 14.8 Å². The van der Waals surface area contributed by atoms with Crippen molar-refractivity contribution >= 4 is 23.9 Å². The summed E-state index contributed by atoms with van der Waals surface area (Å²) in [6.07, 6.45) is 2.63. The molecule has 2 fully saturated rings. The third kappa shape index (κ3) is 3.66. The van der Waals surface area contributed by atoms with Crippen molar-refractivity contribution < 1.29 is 23.5 Å². The van der Waals surface area contributed by atoms with Gasteiger partial charge in [-0.05, 0) is 19.8 Å². The van der Waals surface area contributed by atoms with Crippen LogP contribution in [-0.2, 0) is 9.53 Å². The van der Waals surface area contributed by atoms with Crippen molar-refractivity contribution in [2.45, 2.75) is 19.8 Å². The van der Waals surface area contributed by atoms with Crippen LogP contribution in [0.2, 0.25) is 0 Å². The number of aromatic nitrogens is 1. The summed E-state index contributed by atoms with van der Waals surface area (Å²) in [7, 11) is 0. The minimum Gasteiger partial charge on any atom is -0.450 e. The third-order valence-corrected chi connectivity index (χ3v) is 3.99. The number of hydrogen-bond donors (Lipinski definition) is 1. The number of nitrogens with one attached hydrogen (secondary N) is 1. The Morgan fingerprint density at radius 2 is 1.92 bits per heavy atom. The molecule has 0 radical (unpaired) electrons. The maximum Gasteiger partial charge on any atom is 0.409 e. The van der Waals surface area contributed by atoms with Crippen molar-refractivity contribution in [3.8, 4) is 0 Å². The van der Waals surface area contributed by atoms with Gasteiger partial charge in [0.25, 0.3) is 5.91 Å². The van der Waals surface area contributed by atoms with Gasteiger partial charge in [0, 0.05) is 32.1 Å². The van der Waals surface area contributed by atoms with Gasteiger partial charge in [0.2, 0.25) is 5.91 Å². The second-order valence-electron chi connectivity index (χ2n) is 5.78. The first-order valence-electron chi connectivity index (χ1n) is 8.06. The van der Waals surface area contributed by atoms with E-state index in [-0.39, 0.29) is 35.5 Å². The zero-order valence-corrected chi connectivity index (χ0v) is 13.5. The Kier molecular flexibility index (Phi) is 4.68. The van der Waals surface area contributed by atoms with E-state index in [1.54, 1.807) is 16.7 Å². The molecule has 1 saturated heterocycles. The van der Waals surface area contributed by atoms with Crippen LogP contribution in [-0.4, -0.2) is 65.5 Å². The number of rotatable bonds is 4. The molecule has 1 aliphatic heterocycles. The van der Waals surface area contributed by atoms with Crippen LogP contribution in [0.25, 0.3) is 0 Å². The van der Waals surface area contributed by atoms with Gasteiger partial charge >= 0.3 is 12.1 Å². The van der Waals surface area contributed by atoms with E-state index in [1.807, 2.05) is 0 Å². The van der Waals surface area contributed by atoms with Gasteiger partial charge in [0.1, 0.15) is 6.26 Å². The molecule has 1 N–H and O–H groups in total. The molecule has 0 atom stereocenters. The molecule has 130 valence electrons. The highest BCUT2D eigenvalue weighted by Gasteiger charge is 2.31. The summed E-state index contributed by atoms with van der Waals surface area (Å²) in [4.78, 5) is 42.9. The van der Waals surface area contributed by atoms with Crippen LogP contribution in [0.5, 0.6) is 0 Å². The quantitative estimate of drug-likeness (QED) is 0.877. The first-order chi connectivity index (χ1) is 11.6. The summed E-state index contributed by atoms with van der Waals surface area (Å²) in [5, 5.41) is 2.56. The Balaban J connectivity index is 1.52. The lowest BCUT2D eigenvalue weighted by Gasteiger charge is -2.33. The van der Waals surface area contributed by atoms with Gasteiger partial charge in [0.05, 0.1) is 6.61 Å². The first kappa shape index (κ1) is 16.3. The van der Waals surface area contributed by atoms with Gasteiger partial charge in [-0.15, -0.1) is 0 Å². The SMILES string of the molecule is CCOC(=O)N1CCN(C(=O)c2coc(NC(=O)C3CC3)n2)CC1. The zero-order chi connectivity index (χ0) is 17.1. The average molecular weight is 336 g/mol. The van der Waals surface area contributed by atoms with Crippen molar-refractivity contribution in [2.24, 2.45) is 5.92 Å². The molecule has 0 unspecified atom stereocenters. The Labute approximate surface area is 138 Å². The van der Waals surface area contributed by atoms with E-state index >= 15 is 0 Å². The van der Waals surface area contributed by atoms with Crippen molar-refractivity contribution in [3.63, 3.8) is 0 Å². The largest absolute Gasteiger partial charge is 0.450 e. The average Bonchev–Trinajstić information content (AvgIpc) is 3.35. The minimum atomic E-state index is -0.365. The fraction of sp³-hybridized carbons (Fsp3) is 0.600. The molecule has 3 rings (SSSR count). The maximum atomic E-state index is 12.4. The molecule has 0 spiro atoms. The number of piperazine rings is 1. The van der Waals surface area contributed by atoms with Crippen LogP contribution in [0.15, 0.2) is 10.7 Å². The minimum absolute atomic E-state index is 0.0343. The predicted octanol–water partition coefficient (Wildman–Crippen LogP) is 0.937. The fourth-order valence-corrected chi connectivity index (χ4v) is 2.45. The molecule has 1 aromatic rings. The number of oxazole rings is 1. The first-order valence-corrected chi connectivity index (χ1v) is 8.06. The fourth-order valence-electron chi connectivity index (χ4n) is 2.45. The van der Waals surface area contributed by atoms with Gasteiger partial charge in [0.15, 0.2) is 5.69 Å². The lowest BCUT2D eigenvalue weighted by Crippen LogP contribution is -2.50. The number of hydrogen-bond acceptors (Lipinski definition) is 6. The van der Waals surface area contributed by atoms with Crippen LogP contribution < -0.4 is 5.32 Å². The number of ether oxygens (including phenoxy) is 1. The maximum absolute atomic E-state index is 12.4. The highest BCUT2D eigenvalue weighted by atomic mass is 16.6. The summed E-state index contributed by atoms with van der Waals surface area (Å²) in [5.74, 6) is -0.375. The normalized spacial score (nSPS) is 17.5. The van der Waals surface area contributed by atoms with Crippen molar-refractivity contribution in [2.75, 3.05) is 38.1 Å². The Hall–Kier alpha value is -2.58. The van der Waals surface area contributed by atoms with Crippen LogP contribution in [0, 0.1) is 5.92 Å². The lowest BCUT2D eigenvalue weighted by molar-refractivity contribution is -0.117. The molecule has 2 heterocycles. The van der Waals surface area contributed by atoms with Crippen LogP contribution >= 0.6 is 0 Å². The summed E-state index contributed by atoms with van der Waals surface area (Å²) in [6, 6.07) is 0.0420. The van der Waals surface area contributed by atoms with Gasteiger partial charge in [-0.25, -0.2) is 4.79 Å². The number of carbonyl (C=O) groups is 3. The molecule has 0 bridgehead atoms. The number of carbonyl (C=O) groups excluding carboxylic acids is 3. The molecule has 9 nitrogen and oxygen atoms in total. The number of nitrogens with zero attached hydrogens (tertiary/aromatic N) is 3. The van der Waals surface area contributed by atoms with Gasteiger partial charge in [-0.2, -0.15) is 4.98 Å². The van der Waals surface area contributed by atoms with Crippen molar-refractivity contribution in [1.29, 1.82) is 0 Å². The van der Waals surface area contributed by atoms with Crippen molar-refractivity contribution in [3.05, 3.63) is 12.0 Å². The van der Waals surface area contributed by atoms with Gasteiger partial charge in [-0.3, -0.25) is 14.9 Å². The Morgan fingerprint density at radius 1 is 1.25 bits per heavy atom. The Bertz CT molecular complexity index is 632. The number of amides is 3. The standard InChI is InChI=1S/C15H20N4O5/c1-2-23-15(22)19-7-5-18(6-8-19)13(21)11-9-24-14(16-11)17-12(20)10-3-4-10/h9-10H,2-8H2,1H3,(H,16,17,20). The molecule has 3 amide bonds. The Morgan fingerprint density at radius 3 is 2.54 bits per heavy atom. The molecule has 1 aromatic heterocycles. The predicted molar refractivity (Wildman–Crippen MR) is 82.4 cm³/mol. The molecule has 2 aliphatic rings. The van der Waals surface area contributed by atoms with Crippen LogP contribution in [0.3, 0.4) is 0 Å². The summed E-state index contributed by atoms with van der Waals surface area (Å²) in [5.41, 5.74) is 0.144. The number of anilines is 1. The molecule has 24 heavy (non-hydrogen) atoms. The van der Waals surface area contributed by atoms with E-state index in [0.717, 1.165) is 12.8 Å². The van der Waals surface area contributed by atoms with Crippen LogP contribution in [0.4, 0.5) is 10.8 Å². The van der Waals surface area contributed by atoms with Gasteiger partial charge < -0.3 is 19.0 Å². The van der Waals surface area contributed by atoms with Gasteiger partial charge in [-0.1, -0.05) is 0 Å². The summed E-state index contributed by atoms with van der Waals surface area (Å²) < 4.78 is 10.1. The molecular weight excluding hydrogens is 316 g/mol.